The summed E-state index contributed by atoms with van der Waals surface area (Å²) >= 11 is 0. The zero-order chi connectivity index (χ0) is 26.5. The molecule has 1 aromatic heterocycles. The van der Waals surface area contributed by atoms with E-state index in [1.54, 1.807) is 11.6 Å². The molecule has 2 bridgehead atoms. The molecule has 3 aromatic rings. The third-order valence-corrected chi connectivity index (χ3v) is 7.80. The van der Waals surface area contributed by atoms with Gasteiger partial charge in [0.15, 0.2) is 0 Å². The van der Waals surface area contributed by atoms with Gasteiger partial charge in [-0.05, 0) is 62.0 Å². The van der Waals surface area contributed by atoms with Crippen molar-refractivity contribution in [2.75, 3.05) is 19.6 Å². The molecule has 2 N–H and O–H groups in total. The van der Waals surface area contributed by atoms with Gasteiger partial charge in [0.05, 0.1) is 11.1 Å². The standard InChI is InChI=1S/C29H35FN6O2/c1-21-16-23(8-9-25(21)30)19-35-14-10-29(11-15-35)18-24-20-36(34-33-24)13-5-12-31-27(37)26(32-28(29)38)17-22-6-3-2-4-7-22/h2-4,6-9,16,20,26H,5,10-15,17-19H2,1H3,(H,31,37)(H,32,38)/t26-/m0/s1. The number of likely N-dealkylation sites (tertiary alicyclic amines) is 1. The Balaban J connectivity index is 1.36. The van der Waals surface area contributed by atoms with Crippen molar-refractivity contribution in [2.24, 2.45) is 5.41 Å². The predicted molar refractivity (Wildman–Crippen MR) is 142 cm³/mol. The highest BCUT2D eigenvalue weighted by Crippen LogP contribution is 2.36. The van der Waals surface area contributed by atoms with Gasteiger partial charge in [0.2, 0.25) is 11.8 Å². The molecule has 1 atom stereocenters. The molecule has 1 saturated heterocycles. The van der Waals surface area contributed by atoms with E-state index in [0.717, 1.165) is 23.2 Å². The van der Waals surface area contributed by atoms with E-state index in [2.05, 4.69) is 25.8 Å². The zero-order valence-corrected chi connectivity index (χ0v) is 21.8. The number of benzene rings is 2. The fraction of sp³-hybridized carbons (Fsp3) is 0.448. The van der Waals surface area contributed by atoms with E-state index in [1.165, 1.54) is 6.07 Å². The molecule has 0 saturated carbocycles. The third kappa shape index (κ3) is 6.10. The number of carbonyl (C=O) groups is 2. The second-order valence-corrected chi connectivity index (χ2v) is 10.7. The number of rotatable bonds is 4. The average Bonchev–Trinajstić information content (AvgIpc) is 3.36. The van der Waals surface area contributed by atoms with Gasteiger partial charge in [-0.25, -0.2) is 4.39 Å². The summed E-state index contributed by atoms with van der Waals surface area (Å²) < 4.78 is 15.5. The number of aromatic nitrogens is 3. The Morgan fingerprint density at radius 3 is 2.61 bits per heavy atom. The Bertz CT molecular complexity index is 1270. The molecule has 0 aliphatic carbocycles. The summed E-state index contributed by atoms with van der Waals surface area (Å²) in [7, 11) is 0. The van der Waals surface area contributed by atoms with Crippen LogP contribution in [0.4, 0.5) is 4.39 Å². The van der Waals surface area contributed by atoms with Crippen molar-refractivity contribution in [2.45, 2.75) is 58.2 Å². The molecular formula is C29H35FN6O2. The monoisotopic (exact) mass is 518 g/mol. The normalized spacial score (nSPS) is 20.6. The molecule has 5 rings (SSSR count). The first-order valence-electron chi connectivity index (χ1n) is 13.4. The van der Waals surface area contributed by atoms with Gasteiger partial charge in [0.1, 0.15) is 11.9 Å². The molecule has 3 heterocycles. The van der Waals surface area contributed by atoms with Crippen molar-refractivity contribution in [1.29, 1.82) is 0 Å². The number of nitrogens with zero attached hydrogens (tertiary/aromatic N) is 4. The number of hydrogen-bond acceptors (Lipinski definition) is 5. The zero-order valence-electron chi connectivity index (χ0n) is 21.8. The first-order valence-corrected chi connectivity index (χ1v) is 13.4. The van der Waals surface area contributed by atoms with E-state index in [4.69, 9.17) is 0 Å². The van der Waals surface area contributed by atoms with Gasteiger partial charge in [-0.3, -0.25) is 19.2 Å². The number of carbonyl (C=O) groups excluding carboxylic acids is 2. The molecule has 1 spiro atoms. The summed E-state index contributed by atoms with van der Waals surface area (Å²) in [4.78, 5) is 29.5. The third-order valence-electron chi connectivity index (χ3n) is 7.80. The fourth-order valence-electron chi connectivity index (χ4n) is 5.51. The van der Waals surface area contributed by atoms with E-state index in [1.807, 2.05) is 48.7 Å². The second-order valence-electron chi connectivity index (χ2n) is 10.7. The number of fused-ring (bicyclic) bond motifs is 2. The van der Waals surface area contributed by atoms with E-state index in [0.29, 0.717) is 64.0 Å². The summed E-state index contributed by atoms with van der Waals surface area (Å²) in [6.45, 7) is 5.06. The van der Waals surface area contributed by atoms with Crippen LogP contribution in [0.1, 0.15) is 41.6 Å². The van der Waals surface area contributed by atoms with Crippen LogP contribution in [0, 0.1) is 18.2 Å². The van der Waals surface area contributed by atoms with E-state index in [9.17, 15) is 14.0 Å². The van der Waals surface area contributed by atoms with Crippen molar-refractivity contribution in [1.82, 2.24) is 30.5 Å². The van der Waals surface area contributed by atoms with Crippen molar-refractivity contribution < 1.29 is 14.0 Å². The van der Waals surface area contributed by atoms with Crippen molar-refractivity contribution in [3.63, 3.8) is 0 Å². The second kappa shape index (κ2) is 11.4. The van der Waals surface area contributed by atoms with Crippen LogP contribution < -0.4 is 10.6 Å². The lowest BCUT2D eigenvalue weighted by atomic mass is 9.73. The molecule has 0 unspecified atom stereocenters. The van der Waals surface area contributed by atoms with Gasteiger partial charge in [0.25, 0.3) is 0 Å². The minimum Gasteiger partial charge on any atom is -0.354 e. The lowest BCUT2D eigenvalue weighted by Crippen LogP contribution is -2.56. The minimum atomic E-state index is -0.695. The van der Waals surface area contributed by atoms with Gasteiger partial charge in [-0.2, -0.15) is 0 Å². The largest absolute Gasteiger partial charge is 0.354 e. The first-order chi connectivity index (χ1) is 18.4. The highest BCUT2D eigenvalue weighted by molar-refractivity contribution is 5.90. The summed E-state index contributed by atoms with van der Waals surface area (Å²) in [5.74, 6) is -0.479. The van der Waals surface area contributed by atoms with Crippen LogP contribution in [0.5, 0.6) is 0 Å². The molecule has 200 valence electrons. The Kier molecular flexibility index (Phi) is 7.83. The van der Waals surface area contributed by atoms with Crippen LogP contribution in [0.2, 0.25) is 0 Å². The number of piperidine rings is 1. The maximum absolute atomic E-state index is 14.0. The quantitative estimate of drug-likeness (QED) is 0.554. The number of halogens is 1. The fourth-order valence-corrected chi connectivity index (χ4v) is 5.51. The molecule has 2 aromatic carbocycles. The molecule has 1 fully saturated rings. The highest BCUT2D eigenvalue weighted by atomic mass is 19.1. The van der Waals surface area contributed by atoms with Crippen LogP contribution >= 0.6 is 0 Å². The summed E-state index contributed by atoms with van der Waals surface area (Å²) in [5.41, 5.74) is 2.79. The van der Waals surface area contributed by atoms with Crippen LogP contribution in [-0.4, -0.2) is 57.4 Å². The van der Waals surface area contributed by atoms with Crippen LogP contribution in [0.25, 0.3) is 0 Å². The molecule has 2 aliphatic heterocycles. The van der Waals surface area contributed by atoms with Crippen molar-refractivity contribution >= 4 is 11.8 Å². The van der Waals surface area contributed by atoms with Gasteiger partial charge >= 0.3 is 0 Å². The Hall–Kier alpha value is -3.59. The smallest absolute Gasteiger partial charge is 0.242 e. The summed E-state index contributed by atoms with van der Waals surface area (Å²) in [5, 5.41) is 14.7. The van der Waals surface area contributed by atoms with E-state index < -0.39 is 11.5 Å². The average molecular weight is 519 g/mol. The Morgan fingerprint density at radius 1 is 1.05 bits per heavy atom. The Labute approximate surface area is 222 Å². The molecule has 2 aliphatic rings. The van der Waals surface area contributed by atoms with Crippen LogP contribution in [0.3, 0.4) is 0 Å². The number of amides is 2. The summed E-state index contributed by atoms with van der Waals surface area (Å²) in [6.07, 6.45) is 4.81. The summed E-state index contributed by atoms with van der Waals surface area (Å²) in [6, 6.07) is 14.3. The first kappa shape index (κ1) is 26.0. The maximum atomic E-state index is 14.0. The molecule has 2 amide bonds. The van der Waals surface area contributed by atoms with E-state index >= 15 is 0 Å². The van der Waals surface area contributed by atoms with Gasteiger partial charge in [-0.1, -0.05) is 47.7 Å². The lowest BCUT2D eigenvalue weighted by Gasteiger charge is -2.41. The predicted octanol–water partition coefficient (Wildman–Crippen LogP) is 2.80. The van der Waals surface area contributed by atoms with Crippen LogP contribution in [-0.2, 0) is 35.5 Å². The van der Waals surface area contributed by atoms with Gasteiger partial charge < -0.3 is 10.6 Å². The molecule has 0 radical (unpaired) electrons. The SMILES string of the molecule is Cc1cc(CN2CCC3(CC2)Cc2cn(nn2)CCCNC(=O)[C@H](Cc2ccccc2)NC3=O)ccc1F. The minimum absolute atomic E-state index is 0.111. The number of hydrogen-bond donors (Lipinski definition) is 2. The van der Waals surface area contributed by atoms with Crippen molar-refractivity contribution in [3.8, 4) is 0 Å². The molecule has 9 heteroatoms. The van der Waals surface area contributed by atoms with E-state index in [-0.39, 0.29) is 17.6 Å². The molecule has 8 nitrogen and oxygen atoms in total. The van der Waals surface area contributed by atoms with Crippen molar-refractivity contribution in [3.05, 3.63) is 82.9 Å². The Morgan fingerprint density at radius 2 is 1.84 bits per heavy atom. The maximum Gasteiger partial charge on any atom is 0.242 e. The number of aryl methyl sites for hydroxylation is 2. The topological polar surface area (TPSA) is 92.2 Å². The van der Waals surface area contributed by atoms with Gasteiger partial charge in [-0.15, -0.1) is 5.10 Å². The number of nitrogens with one attached hydrogen (secondary N) is 2. The molecule has 38 heavy (non-hydrogen) atoms. The van der Waals surface area contributed by atoms with Crippen LogP contribution in [0.15, 0.2) is 54.7 Å². The van der Waals surface area contributed by atoms with Gasteiger partial charge in [0, 0.05) is 38.7 Å². The highest BCUT2D eigenvalue weighted by Gasteiger charge is 2.43. The lowest BCUT2D eigenvalue weighted by molar-refractivity contribution is -0.137. The molecular weight excluding hydrogens is 483 g/mol.